The summed E-state index contributed by atoms with van der Waals surface area (Å²) < 4.78 is 6.01. The van der Waals surface area contributed by atoms with Crippen molar-refractivity contribution in [1.29, 1.82) is 0 Å². The molecule has 0 radical (unpaired) electrons. The number of ether oxygens (including phenoxy) is 1. The molecule has 1 fully saturated rings. The Morgan fingerprint density at radius 2 is 1.76 bits per heavy atom. The van der Waals surface area contributed by atoms with Gasteiger partial charge in [0.1, 0.15) is 5.82 Å². The summed E-state index contributed by atoms with van der Waals surface area (Å²) in [5, 5.41) is 0. The van der Waals surface area contributed by atoms with Gasteiger partial charge in [0, 0.05) is 36.7 Å². The molecule has 3 heterocycles. The van der Waals surface area contributed by atoms with E-state index >= 15 is 0 Å². The molecule has 2 aromatic heterocycles. The molecule has 2 aromatic rings. The zero-order valence-electron chi connectivity index (χ0n) is 15.6. The van der Waals surface area contributed by atoms with E-state index in [-0.39, 0.29) is 0 Å². The van der Waals surface area contributed by atoms with Gasteiger partial charge in [-0.3, -0.25) is 0 Å². The Morgan fingerprint density at radius 3 is 2.40 bits per heavy atom. The molecule has 0 saturated carbocycles. The Hall–Kier alpha value is -2.24. The average Bonchev–Trinajstić information content (AvgIpc) is 2.64. The molecule has 0 spiro atoms. The molecule has 0 aliphatic carbocycles. The zero-order chi connectivity index (χ0) is 17.8. The third kappa shape index (κ3) is 4.24. The highest BCUT2D eigenvalue weighted by Gasteiger charge is 2.22. The van der Waals surface area contributed by atoms with E-state index in [0.29, 0.717) is 12.5 Å². The second kappa shape index (κ2) is 7.76. The molecular weight excluding hydrogens is 314 g/mol. The van der Waals surface area contributed by atoms with Crippen LogP contribution in [0.2, 0.25) is 0 Å². The minimum absolute atomic E-state index is 0.543. The summed E-state index contributed by atoms with van der Waals surface area (Å²) in [5.41, 5.74) is 3.20. The van der Waals surface area contributed by atoms with E-state index in [2.05, 4.69) is 31.8 Å². The molecular formula is C19H27N5O. The van der Waals surface area contributed by atoms with Crippen molar-refractivity contribution in [2.45, 2.75) is 47.0 Å². The summed E-state index contributed by atoms with van der Waals surface area (Å²) in [6, 6.07) is 0. The van der Waals surface area contributed by atoms with Gasteiger partial charge in [0.15, 0.2) is 0 Å². The molecule has 0 amide bonds. The van der Waals surface area contributed by atoms with Gasteiger partial charge in [-0.05, 0) is 51.5 Å². The average molecular weight is 341 g/mol. The van der Waals surface area contributed by atoms with Crippen molar-refractivity contribution in [1.82, 2.24) is 19.9 Å². The van der Waals surface area contributed by atoms with E-state index < -0.39 is 0 Å². The maximum absolute atomic E-state index is 6.01. The molecule has 0 aromatic carbocycles. The molecule has 0 atom stereocenters. The molecule has 6 nitrogen and oxygen atoms in total. The molecule has 1 saturated heterocycles. The summed E-state index contributed by atoms with van der Waals surface area (Å²) in [6.45, 7) is 10.7. The van der Waals surface area contributed by atoms with Crippen molar-refractivity contribution in [2.75, 3.05) is 24.6 Å². The van der Waals surface area contributed by atoms with Crippen molar-refractivity contribution in [3.8, 4) is 5.88 Å². The molecule has 1 aliphatic heterocycles. The van der Waals surface area contributed by atoms with Crippen LogP contribution in [0.1, 0.15) is 42.4 Å². The highest BCUT2D eigenvalue weighted by Crippen LogP contribution is 2.23. The molecule has 1 aliphatic rings. The lowest BCUT2D eigenvalue weighted by molar-refractivity contribution is 0.213. The van der Waals surface area contributed by atoms with Crippen LogP contribution in [0.15, 0.2) is 12.4 Å². The highest BCUT2D eigenvalue weighted by atomic mass is 16.5. The Labute approximate surface area is 149 Å². The first kappa shape index (κ1) is 17.6. The van der Waals surface area contributed by atoms with Crippen molar-refractivity contribution >= 4 is 5.95 Å². The van der Waals surface area contributed by atoms with E-state index in [4.69, 9.17) is 4.74 Å². The first-order valence-electron chi connectivity index (χ1n) is 9.07. The number of aromatic nitrogens is 4. The monoisotopic (exact) mass is 341 g/mol. The molecule has 0 unspecified atom stereocenters. The first-order valence-corrected chi connectivity index (χ1v) is 9.07. The number of aryl methyl sites for hydroxylation is 3. The summed E-state index contributed by atoms with van der Waals surface area (Å²) in [6.07, 6.45) is 7.00. The summed E-state index contributed by atoms with van der Waals surface area (Å²) in [7, 11) is 0. The normalized spacial score (nSPS) is 15.4. The van der Waals surface area contributed by atoms with Crippen LogP contribution in [0, 0.1) is 26.7 Å². The van der Waals surface area contributed by atoms with E-state index in [0.717, 1.165) is 61.3 Å². The second-order valence-electron chi connectivity index (χ2n) is 6.77. The van der Waals surface area contributed by atoms with Gasteiger partial charge in [-0.2, -0.15) is 4.98 Å². The zero-order valence-corrected chi connectivity index (χ0v) is 15.6. The number of hydrogen-bond acceptors (Lipinski definition) is 6. The van der Waals surface area contributed by atoms with Gasteiger partial charge in [0.05, 0.1) is 6.61 Å². The molecule has 6 heteroatoms. The number of nitrogens with zero attached hydrogens (tertiary/aromatic N) is 5. The fourth-order valence-electron chi connectivity index (χ4n) is 3.07. The van der Waals surface area contributed by atoms with Gasteiger partial charge in [-0.25, -0.2) is 15.0 Å². The Balaban J connectivity index is 1.52. The summed E-state index contributed by atoms with van der Waals surface area (Å²) in [5.74, 6) is 2.88. The van der Waals surface area contributed by atoms with Crippen molar-refractivity contribution in [2.24, 2.45) is 5.92 Å². The first-order chi connectivity index (χ1) is 12.1. The fraction of sp³-hybridized carbons (Fsp3) is 0.579. The standard InChI is InChI=1S/C19H27N5O/c1-5-16-10-20-19(21-11-16)24-8-6-17(7-9-24)12-25-18-13(2)14(3)22-15(4)23-18/h10-11,17H,5-9,12H2,1-4H3. The van der Waals surface area contributed by atoms with Crippen LogP contribution in [0.3, 0.4) is 0 Å². The van der Waals surface area contributed by atoms with Gasteiger partial charge in [-0.15, -0.1) is 0 Å². The van der Waals surface area contributed by atoms with Crippen LogP contribution in [0.5, 0.6) is 5.88 Å². The maximum Gasteiger partial charge on any atom is 0.225 e. The molecule has 25 heavy (non-hydrogen) atoms. The maximum atomic E-state index is 6.01. The largest absolute Gasteiger partial charge is 0.477 e. The number of hydrogen-bond donors (Lipinski definition) is 0. The smallest absolute Gasteiger partial charge is 0.225 e. The van der Waals surface area contributed by atoms with Crippen LogP contribution in [0.25, 0.3) is 0 Å². The molecule has 3 rings (SSSR count). The van der Waals surface area contributed by atoms with E-state index in [9.17, 15) is 0 Å². The van der Waals surface area contributed by atoms with Crippen LogP contribution in [-0.2, 0) is 6.42 Å². The van der Waals surface area contributed by atoms with Crippen LogP contribution >= 0.6 is 0 Å². The van der Waals surface area contributed by atoms with Gasteiger partial charge in [-0.1, -0.05) is 6.92 Å². The Kier molecular flexibility index (Phi) is 5.46. The Morgan fingerprint density at radius 1 is 1.08 bits per heavy atom. The minimum Gasteiger partial charge on any atom is -0.477 e. The van der Waals surface area contributed by atoms with Crippen molar-refractivity contribution in [3.63, 3.8) is 0 Å². The number of anilines is 1. The van der Waals surface area contributed by atoms with Gasteiger partial charge in [0.2, 0.25) is 11.8 Å². The van der Waals surface area contributed by atoms with Crippen LogP contribution in [0.4, 0.5) is 5.95 Å². The van der Waals surface area contributed by atoms with Crippen molar-refractivity contribution < 1.29 is 4.74 Å². The highest BCUT2D eigenvalue weighted by molar-refractivity contribution is 5.31. The quantitative estimate of drug-likeness (QED) is 0.833. The lowest BCUT2D eigenvalue weighted by Crippen LogP contribution is -2.36. The summed E-state index contributed by atoms with van der Waals surface area (Å²) in [4.78, 5) is 20.0. The van der Waals surface area contributed by atoms with E-state index in [1.807, 2.05) is 33.2 Å². The van der Waals surface area contributed by atoms with Crippen LogP contribution < -0.4 is 9.64 Å². The molecule has 0 N–H and O–H groups in total. The van der Waals surface area contributed by atoms with E-state index in [1.54, 1.807) is 0 Å². The lowest BCUT2D eigenvalue weighted by Gasteiger charge is -2.31. The third-order valence-electron chi connectivity index (χ3n) is 4.91. The topological polar surface area (TPSA) is 64.0 Å². The predicted octanol–water partition coefficient (Wildman–Crippen LogP) is 3.05. The fourth-order valence-corrected chi connectivity index (χ4v) is 3.07. The SMILES string of the molecule is CCc1cnc(N2CCC(COc3nc(C)nc(C)c3C)CC2)nc1. The molecule has 134 valence electrons. The Bertz CT molecular complexity index is 708. The van der Waals surface area contributed by atoms with Crippen molar-refractivity contribution in [3.05, 3.63) is 35.0 Å². The van der Waals surface area contributed by atoms with Gasteiger partial charge < -0.3 is 9.64 Å². The lowest BCUT2D eigenvalue weighted by atomic mass is 9.98. The molecule has 0 bridgehead atoms. The third-order valence-corrected chi connectivity index (χ3v) is 4.91. The minimum atomic E-state index is 0.543. The van der Waals surface area contributed by atoms with Gasteiger partial charge in [0.25, 0.3) is 0 Å². The van der Waals surface area contributed by atoms with Gasteiger partial charge >= 0.3 is 0 Å². The number of piperidine rings is 1. The predicted molar refractivity (Wildman–Crippen MR) is 98.1 cm³/mol. The second-order valence-corrected chi connectivity index (χ2v) is 6.77. The van der Waals surface area contributed by atoms with Crippen LogP contribution in [-0.4, -0.2) is 39.6 Å². The van der Waals surface area contributed by atoms with E-state index in [1.165, 1.54) is 5.56 Å². The summed E-state index contributed by atoms with van der Waals surface area (Å²) >= 11 is 0. The number of rotatable bonds is 5.